The second-order valence-electron chi connectivity index (χ2n) is 6.42. The summed E-state index contributed by atoms with van der Waals surface area (Å²) in [5.74, 6) is 0.0752. The molecule has 0 aliphatic rings. The van der Waals surface area contributed by atoms with Crippen molar-refractivity contribution in [1.29, 1.82) is 0 Å². The van der Waals surface area contributed by atoms with Gasteiger partial charge < -0.3 is 15.0 Å². The van der Waals surface area contributed by atoms with E-state index < -0.39 is 0 Å². The summed E-state index contributed by atoms with van der Waals surface area (Å²) in [6, 6.07) is 10.2. The number of hydrogen-bond acceptors (Lipinski definition) is 3. The second-order valence-corrected chi connectivity index (χ2v) is 6.42. The molecule has 0 saturated heterocycles. The fraction of sp³-hybridized carbons (Fsp3) is 0.632. The maximum atomic E-state index is 12.1. The zero-order chi connectivity index (χ0) is 17.1. The van der Waals surface area contributed by atoms with Crippen LogP contribution in [0, 0.1) is 0 Å². The van der Waals surface area contributed by atoms with Gasteiger partial charge in [0.05, 0.1) is 13.2 Å². The fourth-order valence-corrected chi connectivity index (χ4v) is 2.55. The minimum atomic E-state index is -0.158. The van der Waals surface area contributed by atoms with Gasteiger partial charge in [-0.05, 0) is 24.1 Å². The van der Waals surface area contributed by atoms with Gasteiger partial charge in [-0.3, -0.25) is 4.79 Å². The van der Waals surface area contributed by atoms with Crippen molar-refractivity contribution in [2.75, 3.05) is 39.4 Å². The van der Waals surface area contributed by atoms with Crippen molar-refractivity contribution in [2.45, 2.75) is 39.5 Å². The summed E-state index contributed by atoms with van der Waals surface area (Å²) in [6.07, 6.45) is 0.483. The molecule has 4 nitrogen and oxygen atoms in total. The SMILES string of the molecule is CCN(CC)CCOCCNC(=O)CC(C)(C)c1ccccc1. The zero-order valence-electron chi connectivity index (χ0n) is 15.1. The van der Waals surface area contributed by atoms with E-state index in [0.29, 0.717) is 26.2 Å². The average Bonchev–Trinajstić information content (AvgIpc) is 2.54. The molecule has 130 valence electrons. The Morgan fingerprint density at radius 1 is 1.13 bits per heavy atom. The first-order valence-electron chi connectivity index (χ1n) is 8.62. The first-order valence-corrected chi connectivity index (χ1v) is 8.62. The van der Waals surface area contributed by atoms with Crippen molar-refractivity contribution in [1.82, 2.24) is 10.2 Å². The molecule has 1 rings (SSSR count). The molecule has 0 aromatic heterocycles. The highest BCUT2D eigenvalue weighted by Crippen LogP contribution is 2.26. The van der Waals surface area contributed by atoms with Crippen molar-refractivity contribution in [2.24, 2.45) is 0 Å². The topological polar surface area (TPSA) is 41.6 Å². The quantitative estimate of drug-likeness (QED) is 0.638. The Morgan fingerprint density at radius 3 is 2.39 bits per heavy atom. The van der Waals surface area contributed by atoms with Crippen molar-refractivity contribution in [3.63, 3.8) is 0 Å². The second kappa shape index (κ2) is 10.4. The molecule has 0 heterocycles. The van der Waals surface area contributed by atoms with Crippen LogP contribution in [0.4, 0.5) is 0 Å². The molecule has 1 aromatic carbocycles. The van der Waals surface area contributed by atoms with Gasteiger partial charge in [0.2, 0.25) is 5.91 Å². The molecule has 0 radical (unpaired) electrons. The molecule has 0 aliphatic heterocycles. The number of nitrogens with zero attached hydrogens (tertiary/aromatic N) is 1. The number of likely N-dealkylation sites (N-methyl/N-ethyl adjacent to an activating group) is 1. The Balaban J connectivity index is 2.20. The van der Waals surface area contributed by atoms with Gasteiger partial charge in [0.1, 0.15) is 0 Å². The van der Waals surface area contributed by atoms with Crippen LogP contribution in [0.5, 0.6) is 0 Å². The van der Waals surface area contributed by atoms with Gasteiger partial charge in [-0.15, -0.1) is 0 Å². The van der Waals surface area contributed by atoms with E-state index in [1.807, 2.05) is 18.2 Å². The fourth-order valence-electron chi connectivity index (χ4n) is 2.55. The van der Waals surface area contributed by atoms with Gasteiger partial charge >= 0.3 is 0 Å². The predicted molar refractivity (Wildman–Crippen MR) is 95.7 cm³/mol. The van der Waals surface area contributed by atoms with Crippen LogP contribution in [0.15, 0.2) is 30.3 Å². The van der Waals surface area contributed by atoms with E-state index in [2.05, 4.69) is 50.0 Å². The first kappa shape index (κ1) is 19.7. The lowest BCUT2D eigenvalue weighted by Gasteiger charge is -2.24. The molecular weight excluding hydrogens is 288 g/mol. The highest BCUT2D eigenvalue weighted by atomic mass is 16.5. The number of carbonyl (C=O) groups excluding carboxylic acids is 1. The summed E-state index contributed by atoms with van der Waals surface area (Å²) in [5, 5.41) is 2.95. The lowest BCUT2D eigenvalue weighted by atomic mass is 9.81. The van der Waals surface area contributed by atoms with Crippen LogP contribution in [-0.4, -0.2) is 50.2 Å². The van der Waals surface area contributed by atoms with Crippen LogP contribution in [0.2, 0.25) is 0 Å². The number of ether oxygens (including phenoxy) is 1. The third kappa shape index (κ3) is 7.62. The normalized spacial score (nSPS) is 11.7. The number of hydrogen-bond donors (Lipinski definition) is 1. The molecule has 4 heteroatoms. The third-order valence-electron chi connectivity index (χ3n) is 4.17. The van der Waals surface area contributed by atoms with Crippen LogP contribution in [-0.2, 0) is 14.9 Å². The molecule has 0 spiro atoms. The molecule has 0 bridgehead atoms. The Labute approximate surface area is 141 Å². The lowest BCUT2D eigenvalue weighted by Crippen LogP contribution is -2.33. The number of nitrogens with one attached hydrogen (secondary N) is 1. The van der Waals surface area contributed by atoms with E-state index in [0.717, 1.165) is 19.6 Å². The minimum absolute atomic E-state index is 0.0752. The number of rotatable bonds is 11. The summed E-state index contributed by atoms with van der Waals surface area (Å²) in [7, 11) is 0. The lowest BCUT2D eigenvalue weighted by molar-refractivity contribution is -0.122. The van der Waals surface area contributed by atoms with Gasteiger partial charge in [0.25, 0.3) is 0 Å². The maximum Gasteiger partial charge on any atom is 0.220 e. The van der Waals surface area contributed by atoms with Crippen molar-refractivity contribution in [3.05, 3.63) is 35.9 Å². The molecular formula is C19H32N2O2. The number of amides is 1. The Bertz CT molecular complexity index is 442. The summed E-state index contributed by atoms with van der Waals surface area (Å²) in [4.78, 5) is 14.4. The van der Waals surface area contributed by atoms with E-state index in [1.165, 1.54) is 5.56 Å². The van der Waals surface area contributed by atoms with Gasteiger partial charge in [-0.1, -0.05) is 58.0 Å². The zero-order valence-corrected chi connectivity index (χ0v) is 15.1. The number of benzene rings is 1. The predicted octanol–water partition coefficient (Wildman–Crippen LogP) is 2.83. The molecule has 1 amide bonds. The molecule has 1 N–H and O–H groups in total. The van der Waals surface area contributed by atoms with Gasteiger partial charge in [-0.25, -0.2) is 0 Å². The molecule has 23 heavy (non-hydrogen) atoms. The highest BCUT2D eigenvalue weighted by molar-refractivity contribution is 5.77. The van der Waals surface area contributed by atoms with E-state index >= 15 is 0 Å². The van der Waals surface area contributed by atoms with E-state index in [4.69, 9.17) is 4.74 Å². The van der Waals surface area contributed by atoms with Gasteiger partial charge in [0, 0.05) is 19.5 Å². The van der Waals surface area contributed by atoms with Gasteiger partial charge in [0.15, 0.2) is 0 Å². The minimum Gasteiger partial charge on any atom is -0.378 e. The summed E-state index contributed by atoms with van der Waals surface area (Å²) in [5.41, 5.74) is 1.03. The standard InChI is InChI=1S/C19H32N2O2/c1-5-21(6-2)13-15-23-14-12-20-18(22)16-19(3,4)17-10-8-7-9-11-17/h7-11H,5-6,12-16H2,1-4H3,(H,20,22). The van der Waals surface area contributed by atoms with Crippen LogP contribution in [0.1, 0.15) is 39.7 Å². The van der Waals surface area contributed by atoms with Gasteiger partial charge in [-0.2, -0.15) is 0 Å². The Morgan fingerprint density at radius 2 is 1.78 bits per heavy atom. The molecule has 1 aromatic rings. The monoisotopic (exact) mass is 320 g/mol. The average molecular weight is 320 g/mol. The van der Waals surface area contributed by atoms with Crippen molar-refractivity contribution < 1.29 is 9.53 Å². The molecule has 0 unspecified atom stereocenters. The summed E-state index contributed by atoms with van der Waals surface area (Å²) in [6.45, 7) is 13.4. The van der Waals surface area contributed by atoms with Crippen LogP contribution < -0.4 is 5.32 Å². The highest BCUT2D eigenvalue weighted by Gasteiger charge is 2.23. The molecule has 0 saturated carbocycles. The Hall–Kier alpha value is -1.39. The molecule has 0 fully saturated rings. The first-order chi connectivity index (χ1) is 11.0. The largest absolute Gasteiger partial charge is 0.378 e. The van der Waals surface area contributed by atoms with E-state index in [9.17, 15) is 4.79 Å². The van der Waals surface area contributed by atoms with Crippen LogP contribution in [0.3, 0.4) is 0 Å². The number of carbonyl (C=O) groups is 1. The van der Waals surface area contributed by atoms with Crippen LogP contribution >= 0.6 is 0 Å². The maximum absolute atomic E-state index is 12.1. The van der Waals surface area contributed by atoms with Crippen LogP contribution in [0.25, 0.3) is 0 Å². The van der Waals surface area contributed by atoms with Crippen molar-refractivity contribution in [3.8, 4) is 0 Å². The molecule has 0 atom stereocenters. The summed E-state index contributed by atoms with van der Waals surface area (Å²) >= 11 is 0. The van der Waals surface area contributed by atoms with Crippen molar-refractivity contribution >= 4 is 5.91 Å². The summed E-state index contributed by atoms with van der Waals surface area (Å²) < 4.78 is 5.58. The third-order valence-corrected chi connectivity index (χ3v) is 4.17. The smallest absolute Gasteiger partial charge is 0.220 e. The van der Waals surface area contributed by atoms with E-state index in [-0.39, 0.29) is 11.3 Å². The van der Waals surface area contributed by atoms with E-state index in [1.54, 1.807) is 0 Å². The molecule has 0 aliphatic carbocycles. The Kier molecular flexibility index (Phi) is 8.89.